The normalized spacial score (nSPS) is 26.9. The SMILES string of the molecule is Cc1noc(C)c1C(=O)N1C(C(N)=O)CC2CC21[C@@H](c1cc(F)c(C(F)(F)F)cc1F)C1COC1. The van der Waals surface area contributed by atoms with Gasteiger partial charge in [0.25, 0.3) is 5.91 Å². The van der Waals surface area contributed by atoms with Gasteiger partial charge in [0.1, 0.15) is 29.0 Å². The standard InChI is InChI=1S/C23H22F5N3O4/c1-9-18(10(2)35-30-9)21(33)31-17(20(29)32)3-12-6-22(12,31)19(11-7-34-8-11)13-4-16(25)14(5-15(13)24)23(26,27)28/h4-5,11-12,17,19H,3,6-8H2,1-2H3,(H2,29,32)/t12?,17?,19-,22?/m1/s1. The van der Waals surface area contributed by atoms with Gasteiger partial charge in [0.2, 0.25) is 5.91 Å². The molecule has 1 aromatic carbocycles. The highest BCUT2D eigenvalue weighted by atomic mass is 19.4. The van der Waals surface area contributed by atoms with E-state index in [2.05, 4.69) is 5.16 Å². The minimum atomic E-state index is -5.07. The molecule has 1 aromatic heterocycles. The van der Waals surface area contributed by atoms with E-state index in [9.17, 15) is 27.2 Å². The van der Waals surface area contributed by atoms with Crippen LogP contribution in [0.3, 0.4) is 0 Å². The minimum Gasteiger partial charge on any atom is -0.381 e. The smallest absolute Gasteiger partial charge is 0.381 e. The number of piperidine rings is 1. The number of aryl methyl sites for hydroxylation is 2. The lowest BCUT2D eigenvalue weighted by atomic mass is 9.75. The first-order chi connectivity index (χ1) is 16.4. The Labute approximate surface area is 196 Å². The van der Waals surface area contributed by atoms with Crippen LogP contribution < -0.4 is 5.73 Å². The zero-order valence-electron chi connectivity index (χ0n) is 18.8. The number of primary amides is 1. The fourth-order valence-electron chi connectivity index (χ4n) is 5.99. The zero-order chi connectivity index (χ0) is 25.4. The van der Waals surface area contributed by atoms with Crippen LogP contribution in [0.4, 0.5) is 22.0 Å². The molecule has 0 spiro atoms. The molecule has 2 N–H and O–H groups in total. The van der Waals surface area contributed by atoms with Gasteiger partial charge in [-0.3, -0.25) is 9.59 Å². The summed E-state index contributed by atoms with van der Waals surface area (Å²) in [7, 11) is 0. The first-order valence-corrected chi connectivity index (χ1v) is 11.1. The van der Waals surface area contributed by atoms with Crippen molar-refractivity contribution in [1.82, 2.24) is 10.1 Å². The molecule has 3 fully saturated rings. The number of carbonyl (C=O) groups excluding carboxylic acids is 2. The number of ether oxygens (including phenoxy) is 1. The van der Waals surface area contributed by atoms with Crippen LogP contribution in [0.2, 0.25) is 0 Å². The summed E-state index contributed by atoms with van der Waals surface area (Å²) in [4.78, 5) is 27.4. The predicted octanol–water partition coefficient (Wildman–Crippen LogP) is 3.48. The molecule has 2 amide bonds. The molecule has 1 aliphatic carbocycles. The van der Waals surface area contributed by atoms with Crippen molar-refractivity contribution in [3.63, 3.8) is 0 Å². The Hall–Kier alpha value is -3.02. The highest BCUT2D eigenvalue weighted by Gasteiger charge is 2.73. The van der Waals surface area contributed by atoms with Crippen molar-refractivity contribution in [3.8, 4) is 0 Å². The molecule has 12 heteroatoms. The topological polar surface area (TPSA) is 98.7 Å². The number of alkyl halides is 3. The largest absolute Gasteiger partial charge is 0.419 e. The monoisotopic (exact) mass is 499 g/mol. The van der Waals surface area contributed by atoms with E-state index in [4.69, 9.17) is 15.0 Å². The summed E-state index contributed by atoms with van der Waals surface area (Å²) in [5, 5.41) is 3.79. The van der Waals surface area contributed by atoms with Crippen LogP contribution in [0, 0.1) is 37.3 Å². The van der Waals surface area contributed by atoms with Crippen molar-refractivity contribution in [2.24, 2.45) is 17.6 Å². The Kier molecular flexibility index (Phi) is 5.24. The number of halogens is 5. The molecule has 0 bridgehead atoms. The fraction of sp³-hybridized carbons (Fsp3) is 0.522. The Morgan fingerprint density at radius 2 is 1.89 bits per heavy atom. The summed E-state index contributed by atoms with van der Waals surface area (Å²) < 4.78 is 79.7. The Balaban J connectivity index is 1.65. The Morgan fingerprint density at radius 1 is 1.20 bits per heavy atom. The lowest BCUT2D eigenvalue weighted by Crippen LogP contribution is -2.55. The molecule has 3 aliphatic rings. The number of hydrogen-bond acceptors (Lipinski definition) is 5. The average molecular weight is 499 g/mol. The number of benzene rings is 1. The predicted molar refractivity (Wildman–Crippen MR) is 109 cm³/mol. The summed E-state index contributed by atoms with van der Waals surface area (Å²) in [6.45, 7) is 3.38. The second kappa shape index (κ2) is 7.74. The van der Waals surface area contributed by atoms with Crippen molar-refractivity contribution in [2.45, 2.75) is 50.4 Å². The molecule has 3 unspecified atom stereocenters. The summed E-state index contributed by atoms with van der Waals surface area (Å²) in [6.07, 6.45) is -4.51. The number of hydrogen-bond donors (Lipinski definition) is 1. The van der Waals surface area contributed by atoms with Gasteiger partial charge in [0, 0.05) is 11.8 Å². The number of nitrogens with two attached hydrogens (primary N) is 1. The van der Waals surface area contributed by atoms with Crippen LogP contribution >= 0.6 is 0 Å². The molecule has 35 heavy (non-hydrogen) atoms. The van der Waals surface area contributed by atoms with Gasteiger partial charge in [-0.2, -0.15) is 13.2 Å². The number of aromatic nitrogens is 1. The summed E-state index contributed by atoms with van der Waals surface area (Å²) in [6, 6.07) is -0.325. The molecular weight excluding hydrogens is 477 g/mol. The van der Waals surface area contributed by atoms with Gasteiger partial charge in [0.15, 0.2) is 0 Å². The van der Waals surface area contributed by atoms with Gasteiger partial charge < -0.3 is 19.9 Å². The number of fused-ring (bicyclic) bond motifs is 1. The van der Waals surface area contributed by atoms with Gasteiger partial charge >= 0.3 is 6.18 Å². The highest BCUT2D eigenvalue weighted by molar-refractivity contribution is 6.00. The Bertz CT molecular complexity index is 1200. The van der Waals surface area contributed by atoms with Crippen molar-refractivity contribution < 1.29 is 40.8 Å². The molecule has 188 valence electrons. The van der Waals surface area contributed by atoms with E-state index in [0.29, 0.717) is 12.5 Å². The maximum Gasteiger partial charge on any atom is 0.419 e. The van der Waals surface area contributed by atoms with E-state index in [1.54, 1.807) is 6.92 Å². The maximum absolute atomic E-state index is 15.2. The fourth-order valence-corrected chi connectivity index (χ4v) is 5.99. The molecule has 2 aromatic rings. The number of likely N-dealkylation sites (tertiary alicyclic amines) is 1. The zero-order valence-corrected chi connectivity index (χ0v) is 18.8. The van der Waals surface area contributed by atoms with Crippen molar-refractivity contribution >= 4 is 11.8 Å². The maximum atomic E-state index is 15.2. The first kappa shape index (κ1) is 23.7. The summed E-state index contributed by atoms with van der Waals surface area (Å²) >= 11 is 0. The van der Waals surface area contributed by atoms with Crippen LogP contribution in [0.5, 0.6) is 0 Å². The van der Waals surface area contributed by atoms with Crippen LogP contribution in [0.15, 0.2) is 16.7 Å². The Morgan fingerprint density at radius 3 is 2.40 bits per heavy atom. The lowest BCUT2D eigenvalue weighted by Gasteiger charge is -2.44. The van der Waals surface area contributed by atoms with Crippen LogP contribution in [0.25, 0.3) is 0 Å². The first-order valence-electron chi connectivity index (χ1n) is 11.1. The average Bonchev–Trinajstić information content (AvgIpc) is 3.18. The third kappa shape index (κ3) is 3.44. The van der Waals surface area contributed by atoms with Crippen molar-refractivity contribution in [3.05, 3.63) is 51.9 Å². The highest BCUT2D eigenvalue weighted by Crippen LogP contribution is 2.67. The quantitative estimate of drug-likeness (QED) is 0.636. The molecule has 5 rings (SSSR count). The van der Waals surface area contributed by atoms with E-state index < -0.39 is 58.6 Å². The van der Waals surface area contributed by atoms with E-state index >= 15 is 4.39 Å². The third-order valence-electron chi connectivity index (χ3n) is 7.58. The number of amides is 2. The van der Waals surface area contributed by atoms with Gasteiger partial charge in [-0.05, 0) is 50.3 Å². The minimum absolute atomic E-state index is 0.130. The number of rotatable bonds is 5. The van der Waals surface area contributed by atoms with E-state index in [-0.39, 0.29) is 54.2 Å². The molecule has 4 atom stereocenters. The molecule has 2 saturated heterocycles. The molecular formula is C23H22F5N3O4. The summed E-state index contributed by atoms with van der Waals surface area (Å²) in [5.74, 6) is -5.58. The van der Waals surface area contributed by atoms with Crippen LogP contribution in [-0.4, -0.2) is 46.7 Å². The molecule has 3 heterocycles. The van der Waals surface area contributed by atoms with Crippen LogP contribution in [0.1, 0.15) is 51.7 Å². The summed E-state index contributed by atoms with van der Waals surface area (Å²) in [5.41, 5.74) is 2.90. The van der Waals surface area contributed by atoms with Gasteiger partial charge in [-0.1, -0.05) is 5.16 Å². The second-order valence-corrected chi connectivity index (χ2v) is 9.55. The van der Waals surface area contributed by atoms with Crippen LogP contribution in [-0.2, 0) is 15.7 Å². The second-order valence-electron chi connectivity index (χ2n) is 9.55. The molecule has 7 nitrogen and oxygen atoms in total. The lowest BCUT2D eigenvalue weighted by molar-refractivity contribution is -0.140. The van der Waals surface area contributed by atoms with Gasteiger partial charge in [-0.15, -0.1) is 0 Å². The van der Waals surface area contributed by atoms with Gasteiger partial charge in [0.05, 0.1) is 30.0 Å². The number of carbonyl (C=O) groups is 2. The third-order valence-corrected chi connectivity index (χ3v) is 7.58. The molecule has 2 aliphatic heterocycles. The van der Waals surface area contributed by atoms with Gasteiger partial charge in [-0.25, -0.2) is 8.78 Å². The molecule has 1 saturated carbocycles. The van der Waals surface area contributed by atoms with Crippen molar-refractivity contribution in [2.75, 3.05) is 13.2 Å². The van der Waals surface area contributed by atoms with E-state index in [1.807, 2.05) is 0 Å². The van der Waals surface area contributed by atoms with E-state index in [0.717, 1.165) is 0 Å². The number of nitrogens with zero attached hydrogens (tertiary/aromatic N) is 2. The van der Waals surface area contributed by atoms with E-state index in [1.165, 1.54) is 11.8 Å². The van der Waals surface area contributed by atoms with Crippen molar-refractivity contribution in [1.29, 1.82) is 0 Å². The molecule has 0 radical (unpaired) electrons.